The van der Waals surface area contributed by atoms with Gasteiger partial charge in [0.1, 0.15) is 0 Å². The predicted octanol–water partition coefficient (Wildman–Crippen LogP) is 13.4. The number of hydrogen-bond donors (Lipinski definition) is 0. The third-order valence-electron chi connectivity index (χ3n) is 11.8. The van der Waals surface area contributed by atoms with Gasteiger partial charge in [0.25, 0.3) is 0 Å². The second kappa shape index (κ2) is 14.2. The predicted molar refractivity (Wildman–Crippen MR) is 240 cm³/mol. The normalized spacial score (nSPS) is 12.7. The fourth-order valence-corrected chi connectivity index (χ4v) is 10.4. The Kier molecular flexibility index (Phi) is 8.38. The van der Waals surface area contributed by atoms with Crippen molar-refractivity contribution in [3.05, 3.63) is 228 Å². The highest BCUT2D eigenvalue weighted by Gasteiger charge is 2.50. The first-order valence-corrected chi connectivity index (χ1v) is 20.6. The molecule has 0 saturated heterocycles. The minimum atomic E-state index is -0.532. The van der Waals surface area contributed by atoms with Crippen LogP contribution in [-0.4, -0.2) is 9.97 Å². The molecule has 278 valence electrons. The Morgan fingerprint density at radius 1 is 0.367 bits per heavy atom. The maximum atomic E-state index is 9.58. The van der Waals surface area contributed by atoms with Crippen LogP contribution in [0.15, 0.2) is 204 Å². The summed E-state index contributed by atoms with van der Waals surface area (Å²) in [4.78, 5) is 12.8. The Labute approximate surface area is 352 Å². The zero-order valence-electron chi connectivity index (χ0n) is 32.2. The van der Waals surface area contributed by atoms with E-state index in [0.29, 0.717) is 17.0 Å². The monoisotopic (exact) mass is 780 g/mol. The first kappa shape index (κ1) is 35.3. The Morgan fingerprint density at radius 3 is 1.35 bits per heavy atom. The number of fused-ring (bicyclic) bond motifs is 9. The second-order valence-electron chi connectivity index (χ2n) is 15.2. The molecule has 9 aromatic rings. The van der Waals surface area contributed by atoms with E-state index in [1.807, 2.05) is 48.5 Å². The molecule has 0 saturated carbocycles. The lowest BCUT2D eigenvalue weighted by Crippen LogP contribution is -2.32. The highest BCUT2D eigenvalue weighted by molar-refractivity contribution is 7.99. The molecule has 0 N–H and O–H groups in total. The number of nitrogens with zero attached hydrogens (tertiary/aromatic N) is 4. The fraction of sp³-hybridized carbons (Fsp3) is 0.0182. The van der Waals surface area contributed by atoms with E-state index in [4.69, 9.17) is 9.97 Å². The van der Waals surface area contributed by atoms with Crippen molar-refractivity contribution in [2.75, 3.05) is 0 Å². The number of aromatic nitrogens is 2. The van der Waals surface area contributed by atoms with Crippen LogP contribution < -0.4 is 0 Å². The van der Waals surface area contributed by atoms with Crippen LogP contribution in [0.2, 0.25) is 0 Å². The van der Waals surface area contributed by atoms with Gasteiger partial charge in [-0.15, -0.1) is 0 Å². The van der Waals surface area contributed by atoms with Gasteiger partial charge in [-0.2, -0.15) is 10.5 Å². The van der Waals surface area contributed by atoms with Gasteiger partial charge in [-0.25, -0.2) is 9.97 Å². The largest absolute Gasteiger partial charge is 0.228 e. The quantitative estimate of drug-likeness (QED) is 0.174. The molecular formula is C55H32N4S. The van der Waals surface area contributed by atoms with E-state index in [0.717, 1.165) is 50.3 Å². The van der Waals surface area contributed by atoms with Crippen LogP contribution >= 0.6 is 11.8 Å². The molecule has 0 radical (unpaired) electrons. The molecule has 11 rings (SSSR count). The van der Waals surface area contributed by atoms with Crippen LogP contribution in [0.4, 0.5) is 0 Å². The van der Waals surface area contributed by atoms with Crippen molar-refractivity contribution in [3.8, 4) is 79.4 Å². The number of nitriles is 2. The topological polar surface area (TPSA) is 73.4 Å². The molecule has 60 heavy (non-hydrogen) atoms. The van der Waals surface area contributed by atoms with E-state index in [9.17, 15) is 10.5 Å². The smallest absolute Gasteiger partial charge is 0.160 e. The average Bonchev–Trinajstić information content (AvgIpc) is 3.62. The Balaban J connectivity index is 1.08. The maximum absolute atomic E-state index is 9.58. The molecule has 1 spiro atoms. The SMILES string of the molecule is N#Cc1cc(C#N)cc(-c2ccc(-c3ccc4c(c3)Sc3cc(-c5nc(-c6ccccc6)cc(-c6ccccc6)n5)ccc3C43c4ccccc4-c4ccccc43)cc2)c1. The van der Waals surface area contributed by atoms with Crippen molar-refractivity contribution in [3.63, 3.8) is 0 Å². The lowest BCUT2D eigenvalue weighted by molar-refractivity contribution is 0.723. The van der Waals surface area contributed by atoms with Crippen molar-refractivity contribution in [2.45, 2.75) is 15.2 Å². The zero-order chi connectivity index (χ0) is 40.2. The van der Waals surface area contributed by atoms with E-state index in [2.05, 4.69) is 152 Å². The van der Waals surface area contributed by atoms with Crippen molar-refractivity contribution in [2.24, 2.45) is 0 Å². The first-order valence-electron chi connectivity index (χ1n) is 19.8. The summed E-state index contributed by atoms with van der Waals surface area (Å²) in [7, 11) is 0. The summed E-state index contributed by atoms with van der Waals surface area (Å²) in [6.07, 6.45) is 0. The van der Waals surface area contributed by atoms with Crippen LogP contribution in [0.3, 0.4) is 0 Å². The average molecular weight is 781 g/mol. The molecule has 0 fully saturated rings. The Morgan fingerprint density at radius 2 is 0.817 bits per heavy atom. The molecule has 0 amide bonds. The molecule has 1 aliphatic carbocycles. The van der Waals surface area contributed by atoms with E-state index >= 15 is 0 Å². The van der Waals surface area contributed by atoms with E-state index in [1.54, 1.807) is 17.8 Å². The number of benzene rings is 8. The van der Waals surface area contributed by atoms with Gasteiger partial charge in [-0.3, -0.25) is 0 Å². The Bertz CT molecular complexity index is 3120. The van der Waals surface area contributed by atoms with Gasteiger partial charge in [-0.05, 0) is 92.0 Å². The number of rotatable bonds is 5. The van der Waals surface area contributed by atoms with Crippen LogP contribution in [-0.2, 0) is 5.41 Å². The van der Waals surface area contributed by atoms with Crippen LogP contribution in [0, 0.1) is 22.7 Å². The van der Waals surface area contributed by atoms with Gasteiger partial charge >= 0.3 is 0 Å². The molecule has 1 aromatic heterocycles. The first-order chi connectivity index (χ1) is 29.6. The van der Waals surface area contributed by atoms with Crippen LogP contribution in [0.1, 0.15) is 33.4 Å². The molecule has 2 heterocycles. The van der Waals surface area contributed by atoms with Crippen molar-refractivity contribution < 1.29 is 0 Å². The summed E-state index contributed by atoms with van der Waals surface area (Å²) in [5.74, 6) is 0.682. The summed E-state index contributed by atoms with van der Waals surface area (Å²) in [6, 6.07) is 72.2. The standard InChI is InChI=1S/C55H32N4S/c56-33-35-27-36(34-57)29-43(28-35)38-21-19-37(20-22-38)41-23-25-48-52(30-41)60-53-31-42(24-26-49(53)55(48)46-17-9-7-15-44(46)45-16-8-10-18-47(45)55)54-58-50(39-11-3-1-4-12-39)32-51(59-54)40-13-5-2-6-14-40/h1-32H. The Hall–Kier alpha value is -7.83. The molecule has 0 atom stereocenters. The number of hydrogen-bond acceptors (Lipinski definition) is 5. The lowest BCUT2D eigenvalue weighted by atomic mass is 9.67. The zero-order valence-corrected chi connectivity index (χ0v) is 33.0. The fourth-order valence-electron chi connectivity index (χ4n) is 9.10. The van der Waals surface area contributed by atoms with Crippen molar-refractivity contribution in [1.29, 1.82) is 10.5 Å². The van der Waals surface area contributed by atoms with Gasteiger partial charge in [0, 0.05) is 26.5 Å². The van der Waals surface area contributed by atoms with E-state index in [-0.39, 0.29) is 0 Å². The molecular weight excluding hydrogens is 749 g/mol. The molecule has 8 aromatic carbocycles. The summed E-state index contributed by atoms with van der Waals surface area (Å²) >= 11 is 1.80. The van der Waals surface area contributed by atoms with Gasteiger partial charge in [0.05, 0.1) is 40.1 Å². The molecule has 0 unspecified atom stereocenters. The second-order valence-corrected chi connectivity index (χ2v) is 16.2. The maximum Gasteiger partial charge on any atom is 0.160 e. The van der Waals surface area contributed by atoms with Gasteiger partial charge in [-0.1, -0.05) is 169 Å². The van der Waals surface area contributed by atoms with Crippen molar-refractivity contribution in [1.82, 2.24) is 9.97 Å². The summed E-state index contributed by atoms with van der Waals surface area (Å²) in [6.45, 7) is 0. The van der Waals surface area contributed by atoms with Gasteiger partial charge < -0.3 is 0 Å². The lowest BCUT2D eigenvalue weighted by Gasteiger charge is -2.40. The van der Waals surface area contributed by atoms with E-state index < -0.39 is 5.41 Å². The minimum absolute atomic E-state index is 0.472. The van der Waals surface area contributed by atoms with Gasteiger partial charge in [0.15, 0.2) is 5.82 Å². The third-order valence-corrected chi connectivity index (χ3v) is 12.9. The highest BCUT2D eigenvalue weighted by Crippen LogP contribution is 2.62. The minimum Gasteiger partial charge on any atom is -0.228 e. The summed E-state index contributed by atoms with van der Waals surface area (Å²) < 4.78 is 0. The molecule has 4 nitrogen and oxygen atoms in total. The van der Waals surface area contributed by atoms with Crippen molar-refractivity contribution >= 4 is 11.8 Å². The van der Waals surface area contributed by atoms with Crippen LogP contribution in [0.5, 0.6) is 0 Å². The van der Waals surface area contributed by atoms with E-state index in [1.165, 1.54) is 43.2 Å². The van der Waals surface area contributed by atoms with Gasteiger partial charge in [0.2, 0.25) is 0 Å². The summed E-state index contributed by atoms with van der Waals surface area (Å²) in [5, 5.41) is 19.2. The molecule has 2 aliphatic rings. The summed E-state index contributed by atoms with van der Waals surface area (Å²) in [5.41, 5.74) is 16.8. The molecule has 1 aliphatic heterocycles. The third kappa shape index (κ3) is 5.68. The molecule has 5 heteroatoms. The molecule has 0 bridgehead atoms. The van der Waals surface area contributed by atoms with Crippen LogP contribution in [0.25, 0.3) is 67.3 Å². The highest BCUT2D eigenvalue weighted by atomic mass is 32.2.